The molecule has 0 saturated heterocycles. The van der Waals surface area contributed by atoms with Gasteiger partial charge in [0.2, 0.25) is 0 Å². The number of hydrogen-bond acceptors (Lipinski definition) is 0. The Morgan fingerprint density at radius 3 is 2.00 bits per heavy atom. The lowest BCUT2D eigenvalue weighted by atomic mass is 9.80. The highest BCUT2D eigenvalue weighted by Gasteiger charge is 2.18. The van der Waals surface area contributed by atoms with E-state index in [9.17, 15) is 0 Å². The van der Waals surface area contributed by atoms with E-state index in [2.05, 4.69) is 34.6 Å². The first kappa shape index (κ1) is 14.0. The van der Waals surface area contributed by atoms with Crippen molar-refractivity contribution in [2.45, 2.75) is 79.6 Å². The summed E-state index contributed by atoms with van der Waals surface area (Å²) in [5.74, 6) is 1.57. The van der Waals surface area contributed by atoms with E-state index in [0.717, 1.165) is 0 Å². The zero-order chi connectivity index (χ0) is 11.0. The lowest BCUT2D eigenvalue weighted by Crippen LogP contribution is -2.13. The van der Waals surface area contributed by atoms with E-state index < -0.39 is 0 Å². The molecule has 0 spiro atoms. The van der Waals surface area contributed by atoms with Crippen molar-refractivity contribution >= 4 is 0 Å². The number of rotatable bonds is 8. The second-order valence-corrected chi connectivity index (χ2v) is 5.71. The molecule has 0 amide bonds. The molecule has 0 unspecified atom stereocenters. The Balaban J connectivity index is 3.45. The van der Waals surface area contributed by atoms with Gasteiger partial charge in [-0.05, 0) is 24.2 Å². The summed E-state index contributed by atoms with van der Waals surface area (Å²) in [6, 6.07) is 0. The molecular formula is C14H29. The summed E-state index contributed by atoms with van der Waals surface area (Å²) in [6.45, 7) is 11.6. The maximum absolute atomic E-state index is 2.40. The number of hydrogen-bond donors (Lipinski definition) is 0. The van der Waals surface area contributed by atoms with Crippen LogP contribution in [-0.2, 0) is 0 Å². The minimum Gasteiger partial charge on any atom is -0.0654 e. The van der Waals surface area contributed by atoms with Crippen LogP contribution in [0.15, 0.2) is 0 Å². The van der Waals surface area contributed by atoms with E-state index in [1.54, 1.807) is 5.92 Å². The molecule has 14 heavy (non-hydrogen) atoms. The van der Waals surface area contributed by atoms with Gasteiger partial charge < -0.3 is 0 Å². The van der Waals surface area contributed by atoms with Crippen LogP contribution in [0.4, 0.5) is 0 Å². The van der Waals surface area contributed by atoms with Gasteiger partial charge in [-0.25, -0.2) is 0 Å². The van der Waals surface area contributed by atoms with Crippen LogP contribution >= 0.6 is 0 Å². The molecule has 0 saturated carbocycles. The molecule has 0 aliphatic carbocycles. The Morgan fingerprint density at radius 1 is 0.929 bits per heavy atom. The minimum absolute atomic E-state index is 0.533. The lowest BCUT2D eigenvalue weighted by molar-refractivity contribution is 0.302. The average Bonchev–Trinajstić information content (AvgIpc) is 2.01. The second kappa shape index (κ2) is 7.31. The maximum atomic E-state index is 2.40. The SMILES string of the molecule is CCCCCCCC(C)(C)C[C](C)C. The van der Waals surface area contributed by atoms with Crippen molar-refractivity contribution < 1.29 is 0 Å². The summed E-state index contributed by atoms with van der Waals surface area (Å²) >= 11 is 0. The van der Waals surface area contributed by atoms with Crippen LogP contribution in [-0.4, -0.2) is 0 Å². The first-order valence-corrected chi connectivity index (χ1v) is 6.27. The molecule has 0 heterocycles. The zero-order valence-corrected chi connectivity index (χ0v) is 10.9. The Labute approximate surface area is 91.5 Å². The van der Waals surface area contributed by atoms with E-state index in [1.807, 2.05) is 0 Å². The topological polar surface area (TPSA) is 0 Å². The molecule has 0 bridgehead atoms. The standard InChI is InChI=1S/C14H29/c1-6-7-8-9-10-11-14(4,5)12-13(2)3/h6-12H2,1-5H3. The van der Waals surface area contributed by atoms with Gasteiger partial charge in [0.15, 0.2) is 0 Å². The minimum atomic E-state index is 0.533. The molecule has 0 fully saturated rings. The van der Waals surface area contributed by atoms with Gasteiger partial charge in [-0.15, -0.1) is 0 Å². The van der Waals surface area contributed by atoms with Crippen molar-refractivity contribution in [1.29, 1.82) is 0 Å². The largest absolute Gasteiger partial charge is 0.0654 e. The van der Waals surface area contributed by atoms with Crippen LogP contribution in [0.25, 0.3) is 0 Å². The molecule has 0 rings (SSSR count). The van der Waals surface area contributed by atoms with E-state index in [4.69, 9.17) is 0 Å². The highest BCUT2D eigenvalue weighted by Crippen LogP contribution is 2.31. The smallest absolute Gasteiger partial charge is 0.0298 e. The molecule has 0 aliphatic rings. The van der Waals surface area contributed by atoms with Gasteiger partial charge >= 0.3 is 0 Å². The predicted octanol–water partition coefficient (Wildman–Crippen LogP) is 5.38. The van der Waals surface area contributed by atoms with Gasteiger partial charge in [0.1, 0.15) is 0 Å². The second-order valence-electron chi connectivity index (χ2n) is 5.71. The van der Waals surface area contributed by atoms with Crippen molar-refractivity contribution in [3.8, 4) is 0 Å². The molecule has 0 aromatic carbocycles. The quantitative estimate of drug-likeness (QED) is 0.458. The van der Waals surface area contributed by atoms with E-state index in [0.29, 0.717) is 5.41 Å². The van der Waals surface area contributed by atoms with Gasteiger partial charge in [0, 0.05) is 0 Å². The van der Waals surface area contributed by atoms with Crippen LogP contribution in [0.5, 0.6) is 0 Å². The molecule has 1 radical (unpaired) electrons. The summed E-state index contributed by atoms with van der Waals surface area (Å²) in [5, 5.41) is 0. The fourth-order valence-electron chi connectivity index (χ4n) is 2.25. The Morgan fingerprint density at radius 2 is 1.50 bits per heavy atom. The summed E-state index contributed by atoms with van der Waals surface area (Å²) < 4.78 is 0. The molecular weight excluding hydrogens is 168 g/mol. The zero-order valence-electron chi connectivity index (χ0n) is 10.9. The maximum Gasteiger partial charge on any atom is -0.0298 e. The highest BCUT2D eigenvalue weighted by molar-refractivity contribution is 4.85. The Bertz CT molecular complexity index is 122. The third-order valence-electron chi connectivity index (χ3n) is 2.79. The van der Waals surface area contributed by atoms with Crippen LogP contribution < -0.4 is 0 Å². The van der Waals surface area contributed by atoms with Gasteiger partial charge in [0.25, 0.3) is 0 Å². The summed E-state index contributed by atoms with van der Waals surface area (Å²) in [5.41, 5.74) is 0.533. The Kier molecular flexibility index (Phi) is 7.31. The third kappa shape index (κ3) is 8.59. The summed E-state index contributed by atoms with van der Waals surface area (Å²) in [4.78, 5) is 0. The van der Waals surface area contributed by atoms with Crippen molar-refractivity contribution in [2.75, 3.05) is 0 Å². The molecule has 0 nitrogen and oxygen atoms in total. The van der Waals surface area contributed by atoms with Gasteiger partial charge in [-0.2, -0.15) is 0 Å². The van der Waals surface area contributed by atoms with Crippen molar-refractivity contribution in [2.24, 2.45) is 5.41 Å². The highest BCUT2D eigenvalue weighted by atomic mass is 14.2. The molecule has 0 heteroatoms. The van der Waals surface area contributed by atoms with Crippen LogP contribution in [0.1, 0.15) is 79.6 Å². The van der Waals surface area contributed by atoms with Crippen molar-refractivity contribution in [1.82, 2.24) is 0 Å². The molecule has 0 aromatic rings. The summed E-state index contributed by atoms with van der Waals surface area (Å²) in [7, 11) is 0. The van der Waals surface area contributed by atoms with Gasteiger partial charge in [-0.1, -0.05) is 66.7 Å². The van der Waals surface area contributed by atoms with Gasteiger partial charge in [0.05, 0.1) is 0 Å². The van der Waals surface area contributed by atoms with Crippen LogP contribution in [0.3, 0.4) is 0 Å². The fraction of sp³-hybridized carbons (Fsp3) is 0.929. The Hall–Kier alpha value is 0. The molecule has 0 aliphatic heterocycles. The van der Waals surface area contributed by atoms with E-state index in [-0.39, 0.29) is 0 Å². The lowest BCUT2D eigenvalue weighted by Gasteiger charge is -2.26. The molecule has 0 N–H and O–H groups in total. The van der Waals surface area contributed by atoms with Crippen molar-refractivity contribution in [3.63, 3.8) is 0 Å². The molecule has 85 valence electrons. The molecule has 0 aromatic heterocycles. The first-order valence-electron chi connectivity index (χ1n) is 6.27. The average molecular weight is 197 g/mol. The predicted molar refractivity (Wildman–Crippen MR) is 66.4 cm³/mol. The van der Waals surface area contributed by atoms with E-state index >= 15 is 0 Å². The molecule has 0 atom stereocenters. The van der Waals surface area contributed by atoms with Gasteiger partial charge in [-0.3, -0.25) is 0 Å². The van der Waals surface area contributed by atoms with E-state index in [1.165, 1.54) is 44.9 Å². The number of unbranched alkanes of at least 4 members (excludes halogenated alkanes) is 4. The fourth-order valence-corrected chi connectivity index (χ4v) is 2.25. The monoisotopic (exact) mass is 197 g/mol. The summed E-state index contributed by atoms with van der Waals surface area (Å²) in [6.07, 6.45) is 9.73. The normalized spacial score (nSPS) is 12.4. The first-order chi connectivity index (χ1) is 6.48. The van der Waals surface area contributed by atoms with Crippen LogP contribution in [0, 0.1) is 11.3 Å². The third-order valence-corrected chi connectivity index (χ3v) is 2.79. The van der Waals surface area contributed by atoms with Crippen LogP contribution in [0.2, 0.25) is 0 Å². The van der Waals surface area contributed by atoms with Crippen molar-refractivity contribution in [3.05, 3.63) is 5.92 Å².